The number of amides is 2. The minimum absolute atomic E-state index is 0.0876. The zero-order chi connectivity index (χ0) is 20.3. The number of quaternary nitrogens is 1. The van der Waals surface area contributed by atoms with Gasteiger partial charge < -0.3 is 16.0 Å². The van der Waals surface area contributed by atoms with Crippen LogP contribution < -0.4 is 16.0 Å². The molecular formula is C19H24N3O4S2+. The number of primary amides is 1. The van der Waals surface area contributed by atoms with Crippen molar-refractivity contribution in [2.24, 2.45) is 5.73 Å². The molecule has 1 aliphatic rings. The van der Waals surface area contributed by atoms with Crippen LogP contribution in [0.2, 0.25) is 0 Å². The summed E-state index contributed by atoms with van der Waals surface area (Å²) in [4.78, 5) is 27.0. The molecule has 4 N–H and O–H groups in total. The smallest absolute Gasteiger partial charge is 0.252 e. The van der Waals surface area contributed by atoms with E-state index in [2.05, 4.69) is 12.2 Å². The van der Waals surface area contributed by atoms with Gasteiger partial charge in [0, 0.05) is 6.42 Å². The number of fused-ring (bicyclic) bond motifs is 1. The van der Waals surface area contributed by atoms with Gasteiger partial charge in [-0.2, -0.15) is 0 Å². The first-order valence-corrected chi connectivity index (χ1v) is 11.6. The first-order valence-electron chi connectivity index (χ1n) is 9.17. The summed E-state index contributed by atoms with van der Waals surface area (Å²) in [7, 11) is -3.76. The summed E-state index contributed by atoms with van der Waals surface area (Å²) >= 11 is 1.32. The fourth-order valence-corrected chi connectivity index (χ4v) is 6.00. The maximum absolute atomic E-state index is 12.4. The van der Waals surface area contributed by atoms with Crippen molar-refractivity contribution in [1.29, 1.82) is 0 Å². The SMILES string of the molecule is CCC[NH+]1CCc2c(sc(NC(=O)CS(=O)(=O)c3ccccc3)c2C(N)=O)C1. The summed E-state index contributed by atoms with van der Waals surface area (Å²) in [5.74, 6) is -1.97. The Kier molecular flexibility index (Phi) is 6.17. The van der Waals surface area contributed by atoms with Crippen LogP contribution in [0.4, 0.5) is 5.00 Å². The van der Waals surface area contributed by atoms with Gasteiger partial charge in [0.05, 0.1) is 28.4 Å². The fourth-order valence-electron chi connectivity index (χ4n) is 3.50. The van der Waals surface area contributed by atoms with Crippen LogP contribution in [-0.4, -0.2) is 39.1 Å². The highest BCUT2D eigenvalue weighted by Crippen LogP contribution is 2.34. The van der Waals surface area contributed by atoms with Crippen LogP contribution in [0.1, 0.15) is 34.1 Å². The number of rotatable bonds is 7. The van der Waals surface area contributed by atoms with Crippen LogP contribution in [-0.2, 0) is 27.6 Å². The number of thiophene rings is 1. The first kappa shape index (κ1) is 20.5. The minimum atomic E-state index is -3.76. The van der Waals surface area contributed by atoms with Crippen molar-refractivity contribution in [3.63, 3.8) is 0 Å². The van der Waals surface area contributed by atoms with Crippen molar-refractivity contribution in [2.75, 3.05) is 24.2 Å². The zero-order valence-electron chi connectivity index (χ0n) is 15.7. The zero-order valence-corrected chi connectivity index (χ0v) is 17.3. The number of nitrogens with one attached hydrogen (secondary N) is 2. The lowest BCUT2D eigenvalue weighted by molar-refractivity contribution is -0.915. The lowest BCUT2D eigenvalue weighted by Crippen LogP contribution is -3.11. The number of carbonyl (C=O) groups excluding carboxylic acids is 2. The molecule has 2 amide bonds. The molecule has 3 rings (SSSR count). The Labute approximate surface area is 168 Å². The van der Waals surface area contributed by atoms with Gasteiger partial charge >= 0.3 is 0 Å². The van der Waals surface area contributed by atoms with Gasteiger partial charge in [-0.1, -0.05) is 25.1 Å². The molecule has 2 aromatic rings. The third-order valence-electron chi connectivity index (χ3n) is 4.76. The van der Waals surface area contributed by atoms with Gasteiger partial charge in [0.2, 0.25) is 5.91 Å². The van der Waals surface area contributed by atoms with Crippen molar-refractivity contribution in [2.45, 2.75) is 31.2 Å². The molecule has 2 heterocycles. The van der Waals surface area contributed by atoms with Gasteiger partial charge in [-0.15, -0.1) is 11.3 Å². The quantitative estimate of drug-likeness (QED) is 0.607. The van der Waals surface area contributed by atoms with Gasteiger partial charge in [0.1, 0.15) is 17.3 Å². The van der Waals surface area contributed by atoms with E-state index < -0.39 is 27.4 Å². The summed E-state index contributed by atoms with van der Waals surface area (Å²) in [6.07, 6.45) is 1.79. The molecule has 0 bridgehead atoms. The molecule has 9 heteroatoms. The van der Waals surface area contributed by atoms with Crippen molar-refractivity contribution < 1.29 is 22.9 Å². The van der Waals surface area contributed by atoms with E-state index >= 15 is 0 Å². The second-order valence-electron chi connectivity index (χ2n) is 6.87. The third kappa shape index (κ3) is 4.43. The van der Waals surface area contributed by atoms with Gasteiger partial charge in [0.15, 0.2) is 9.84 Å². The van der Waals surface area contributed by atoms with E-state index in [0.717, 1.165) is 42.9 Å². The number of nitrogens with two attached hydrogens (primary N) is 1. The largest absolute Gasteiger partial charge is 0.365 e. The molecule has 0 saturated heterocycles. The number of anilines is 1. The summed E-state index contributed by atoms with van der Waals surface area (Å²) in [6, 6.07) is 7.82. The standard InChI is InChI=1S/C19H23N3O4S2/c1-2-9-22-10-8-14-15(11-22)27-19(17(14)18(20)24)21-16(23)12-28(25,26)13-6-4-3-5-7-13/h3-7H,2,8-12H2,1H3,(H2,20,24)(H,21,23)/p+1. The average Bonchev–Trinajstić information content (AvgIpc) is 2.99. The van der Waals surface area contributed by atoms with Gasteiger partial charge in [-0.3, -0.25) is 9.59 Å². The molecule has 0 spiro atoms. The summed E-state index contributed by atoms with van der Waals surface area (Å²) < 4.78 is 24.8. The second-order valence-corrected chi connectivity index (χ2v) is 9.96. The minimum Gasteiger partial charge on any atom is -0.365 e. The van der Waals surface area contributed by atoms with Crippen molar-refractivity contribution in [3.05, 3.63) is 46.3 Å². The molecule has 1 aromatic carbocycles. The molecule has 1 atom stereocenters. The second kappa shape index (κ2) is 8.42. The summed E-state index contributed by atoms with van der Waals surface area (Å²) in [6.45, 7) is 4.87. The normalized spacial score (nSPS) is 16.4. The van der Waals surface area contributed by atoms with Crippen molar-refractivity contribution >= 4 is 38.0 Å². The van der Waals surface area contributed by atoms with Crippen LogP contribution in [0, 0.1) is 0 Å². The maximum atomic E-state index is 12.4. The van der Waals surface area contributed by atoms with Crippen LogP contribution >= 0.6 is 11.3 Å². The average molecular weight is 423 g/mol. The monoisotopic (exact) mass is 422 g/mol. The number of hydrogen-bond donors (Lipinski definition) is 3. The van der Waals surface area contributed by atoms with E-state index in [1.165, 1.54) is 28.4 Å². The molecule has 0 aliphatic carbocycles. The van der Waals surface area contributed by atoms with Crippen LogP contribution in [0.3, 0.4) is 0 Å². The molecular weight excluding hydrogens is 398 g/mol. The molecule has 0 radical (unpaired) electrons. The molecule has 28 heavy (non-hydrogen) atoms. The van der Waals surface area contributed by atoms with Crippen LogP contribution in [0.25, 0.3) is 0 Å². The Morgan fingerprint density at radius 3 is 2.61 bits per heavy atom. The van der Waals surface area contributed by atoms with E-state index in [4.69, 9.17) is 5.73 Å². The number of carbonyl (C=O) groups is 2. The molecule has 1 aromatic heterocycles. The molecule has 0 saturated carbocycles. The lowest BCUT2D eigenvalue weighted by Gasteiger charge is -2.23. The maximum Gasteiger partial charge on any atom is 0.252 e. The highest BCUT2D eigenvalue weighted by atomic mass is 32.2. The molecule has 1 unspecified atom stereocenters. The first-order chi connectivity index (χ1) is 13.3. The molecule has 7 nitrogen and oxygen atoms in total. The van der Waals surface area contributed by atoms with Crippen molar-refractivity contribution in [3.8, 4) is 0 Å². The van der Waals surface area contributed by atoms with E-state index in [9.17, 15) is 18.0 Å². The number of benzene rings is 1. The number of sulfone groups is 1. The number of hydrogen-bond acceptors (Lipinski definition) is 5. The predicted molar refractivity (Wildman–Crippen MR) is 108 cm³/mol. The van der Waals surface area contributed by atoms with E-state index in [0.29, 0.717) is 10.6 Å². The highest BCUT2D eigenvalue weighted by Gasteiger charge is 2.30. The Morgan fingerprint density at radius 2 is 1.96 bits per heavy atom. The Morgan fingerprint density at radius 1 is 1.25 bits per heavy atom. The van der Waals surface area contributed by atoms with Crippen LogP contribution in [0.15, 0.2) is 35.2 Å². The molecule has 150 valence electrons. The van der Waals surface area contributed by atoms with Crippen molar-refractivity contribution in [1.82, 2.24) is 0 Å². The molecule has 1 aliphatic heterocycles. The van der Waals surface area contributed by atoms with Gasteiger partial charge in [-0.05, 0) is 24.1 Å². The lowest BCUT2D eigenvalue weighted by atomic mass is 10.0. The van der Waals surface area contributed by atoms with Crippen LogP contribution in [0.5, 0.6) is 0 Å². The topological polar surface area (TPSA) is 111 Å². The van der Waals surface area contributed by atoms with E-state index in [1.54, 1.807) is 18.2 Å². The Hall–Kier alpha value is -2.23. The summed E-state index contributed by atoms with van der Waals surface area (Å²) in [5.41, 5.74) is 6.77. The third-order valence-corrected chi connectivity index (χ3v) is 7.54. The van der Waals surface area contributed by atoms with E-state index in [-0.39, 0.29) is 4.90 Å². The van der Waals surface area contributed by atoms with Gasteiger partial charge in [0.25, 0.3) is 5.91 Å². The van der Waals surface area contributed by atoms with Gasteiger partial charge in [-0.25, -0.2) is 8.42 Å². The fraction of sp³-hybridized carbons (Fsp3) is 0.368. The highest BCUT2D eigenvalue weighted by molar-refractivity contribution is 7.92. The van der Waals surface area contributed by atoms with E-state index in [1.807, 2.05) is 0 Å². The Balaban J connectivity index is 1.80. The molecule has 0 fully saturated rings. The summed E-state index contributed by atoms with van der Waals surface area (Å²) in [5, 5.41) is 2.96. The predicted octanol–water partition coefficient (Wildman–Crippen LogP) is 0.610. The Bertz CT molecular complexity index is 984.